The molecule has 2 aromatic carbocycles. The molecule has 0 radical (unpaired) electrons. The van der Waals surface area contributed by atoms with Crippen molar-refractivity contribution < 1.29 is 14.5 Å². The smallest absolute Gasteiger partial charge is 0.304 e. The van der Waals surface area contributed by atoms with E-state index in [1.165, 1.54) is 7.11 Å². The molecule has 0 atom stereocenters. The van der Waals surface area contributed by atoms with Crippen LogP contribution in [0.5, 0.6) is 5.75 Å². The van der Waals surface area contributed by atoms with Gasteiger partial charge in [0.1, 0.15) is 11.4 Å². The number of pyridine rings is 1. The van der Waals surface area contributed by atoms with E-state index in [1.807, 2.05) is 6.07 Å². The fraction of sp³-hybridized carbons (Fsp3) is 0.100. The van der Waals surface area contributed by atoms with Crippen LogP contribution in [0, 0.1) is 17.0 Å². The highest BCUT2D eigenvalue weighted by molar-refractivity contribution is 6.05. The normalized spacial score (nSPS) is 10.4. The number of carbonyl (C=O) groups excluding carboxylic acids is 1. The molecule has 0 saturated heterocycles. The topological polar surface area (TPSA) is 108 Å². The minimum atomic E-state index is -0.770. The third-order valence-electron chi connectivity index (χ3n) is 4.21. The lowest BCUT2D eigenvalue weighted by molar-refractivity contribution is -0.383. The summed E-state index contributed by atoms with van der Waals surface area (Å²) in [6.07, 6.45) is 0. The second-order valence-electron chi connectivity index (χ2n) is 5.86. The van der Waals surface area contributed by atoms with Crippen molar-refractivity contribution in [2.75, 3.05) is 7.11 Å². The number of amides is 1. The molecule has 0 unspecified atom stereocenters. The number of hydrogen-bond acceptors (Lipinski definition) is 5. The summed E-state index contributed by atoms with van der Waals surface area (Å²) in [6, 6.07) is 15.5. The van der Waals surface area contributed by atoms with Gasteiger partial charge in [-0.1, -0.05) is 42.5 Å². The number of nitro groups is 1. The Morgan fingerprint density at radius 1 is 1.07 bits per heavy atom. The van der Waals surface area contributed by atoms with Gasteiger partial charge in [0, 0.05) is 5.56 Å². The van der Waals surface area contributed by atoms with Crippen molar-refractivity contribution >= 4 is 11.6 Å². The predicted octanol–water partition coefficient (Wildman–Crippen LogP) is 3.74. The molecule has 0 saturated carbocycles. The van der Waals surface area contributed by atoms with Gasteiger partial charge in [-0.2, -0.15) is 0 Å². The first-order valence-corrected chi connectivity index (χ1v) is 8.12. The van der Waals surface area contributed by atoms with Gasteiger partial charge >= 0.3 is 5.69 Å². The van der Waals surface area contributed by atoms with Crippen LogP contribution in [0.25, 0.3) is 22.4 Å². The van der Waals surface area contributed by atoms with E-state index in [0.29, 0.717) is 22.6 Å². The molecule has 1 heterocycles. The average Bonchev–Trinajstić information content (AvgIpc) is 2.67. The Balaban J connectivity index is 2.42. The maximum Gasteiger partial charge on any atom is 0.304 e. The summed E-state index contributed by atoms with van der Waals surface area (Å²) >= 11 is 0. The number of hydrogen-bond donors (Lipinski definition) is 1. The maximum atomic E-state index is 12.1. The number of nitrogens with two attached hydrogens (primary N) is 1. The lowest BCUT2D eigenvalue weighted by atomic mass is 9.93. The predicted molar refractivity (Wildman–Crippen MR) is 102 cm³/mol. The van der Waals surface area contributed by atoms with Crippen molar-refractivity contribution in [1.29, 1.82) is 0 Å². The number of aryl methyl sites for hydroxylation is 1. The molecular weight excluding hydrogens is 346 g/mol. The third kappa shape index (κ3) is 3.35. The molecule has 136 valence electrons. The molecule has 3 rings (SSSR count). The Morgan fingerprint density at radius 2 is 1.70 bits per heavy atom. The van der Waals surface area contributed by atoms with Crippen LogP contribution in [-0.2, 0) is 0 Å². The molecule has 0 aliphatic heterocycles. The zero-order chi connectivity index (χ0) is 19.6. The number of rotatable bonds is 5. The monoisotopic (exact) mass is 363 g/mol. The van der Waals surface area contributed by atoms with Gasteiger partial charge in [-0.3, -0.25) is 14.9 Å². The van der Waals surface area contributed by atoms with E-state index >= 15 is 0 Å². The zero-order valence-corrected chi connectivity index (χ0v) is 14.8. The van der Waals surface area contributed by atoms with Crippen LogP contribution in [0.2, 0.25) is 0 Å². The van der Waals surface area contributed by atoms with Gasteiger partial charge in [0.2, 0.25) is 0 Å². The van der Waals surface area contributed by atoms with Crippen LogP contribution in [-0.4, -0.2) is 22.9 Å². The molecule has 0 spiro atoms. The van der Waals surface area contributed by atoms with Crippen molar-refractivity contribution in [3.63, 3.8) is 0 Å². The maximum absolute atomic E-state index is 12.1. The van der Waals surface area contributed by atoms with Crippen LogP contribution in [0.15, 0.2) is 54.6 Å². The first-order chi connectivity index (χ1) is 12.9. The lowest BCUT2D eigenvalue weighted by Crippen LogP contribution is -2.17. The van der Waals surface area contributed by atoms with Crippen molar-refractivity contribution in [3.8, 4) is 28.1 Å². The van der Waals surface area contributed by atoms with Crippen molar-refractivity contribution in [2.45, 2.75) is 6.92 Å². The number of methoxy groups -OCH3 is 1. The summed E-state index contributed by atoms with van der Waals surface area (Å²) < 4.78 is 5.14. The first kappa shape index (κ1) is 18.1. The SMILES string of the molecule is COc1ccc(-c2c(C(N)=O)c(C)nc(-c3ccccc3)c2[N+](=O)[O-])cc1. The molecule has 3 aromatic rings. The molecule has 7 nitrogen and oxygen atoms in total. The Bertz CT molecular complexity index is 1020. The zero-order valence-electron chi connectivity index (χ0n) is 14.8. The fourth-order valence-electron chi connectivity index (χ4n) is 3.01. The van der Waals surface area contributed by atoms with E-state index in [1.54, 1.807) is 55.5 Å². The molecule has 1 aromatic heterocycles. The van der Waals surface area contributed by atoms with E-state index in [2.05, 4.69) is 4.98 Å². The molecule has 0 aliphatic rings. The Morgan fingerprint density at radius 3 is 2.22 bits per heavy atom. The van der Waals surface area contributed by atoms with E-state index in [9.17, 15) is 14.9 Å². The minimum absolute atomic E-state index is 0.0338. The highest BCUT2D eigenvalue weighted by Gasteiger charge is 2.30. The van der Waals surface area contributed by atoms with Gasteiger partial charge in [0.15, 0.2) is 0 Å². The van der Waals surface area contributed by atoms with Crippen molar-refractivity contribution in [1.82, 2.24) is 4.98 Å². The number of aromatic nitrogens is 1. The van der Waals surface area contributed by atoms with Crippen LogP contribution in [0.1, 0.15) is 16.1 Å². The van der Waals surface area contributed by atoms with Gasteiger partial charge in [-0.15, -0.1) is 0 Å². The third-order valence-corrected chi connectivity index (χ3v) is 4.21. The number of ether oxygens (including phenoxy) is 1. The molecule has 27 heavy (non-hydrogen) atoms. The molecular formula is C20H17N3O4. The molecule has 2 N–H and O–H groups in total. The van der Waals surface area contributed by atoms with Crippen molar-refractivity contribution in [3.05, 3.63) is 76.0 Å². The van der Waals surface area contributed by atoms with Gasteiger partial charge < -0.3 is 10.5 Å². The fourth-order valence-corrected chi connectivity index (χ4v) is 3.01. The Labute approximate surface area is 155 Å². The highest BCUT2D eigenvalue weighted by Crippen LogP contribution is 2.41. The van der Waals surface area contributed by atoms with Gasteiger partial charge in [-0.25, -0.2) is 4.98 Å². The van der Waals surface area contributed by atoms with Crippen molar-refractivity contribution in [2.24, 2.45) is 5.73 Å². The largest absolute Gasteiger partial charge is 0.497 e. The van der Waals surface area contributed by atoms with Crippen LogP contribution >= 0.6 is 0 Å². The summed E-state index contributed by atoms with van der Waals surface area (Å²) in [5.41, 5.74) is 7.06. The summed E-state index contributed by atoms with van der Waals surface area (Å²) in [5.74, 6) is -0.176. The van der Waals surface area contributed by atoms with Crippen LogP contribution < -0.4 is 10.5 Å². The van der Waals surface area contributed by atoms with Crippen LogP contribution in [0.4, 0.5) is 5.69 Å². The molecule has 0 fully saturated rings. The lowest BCUT2D eigenvalue weighted by Gasteiger charge is -2.14. The molecule has 1 amide bonds. The number of carbonyl (C=O) groups is 1. The van der Waals surface area contributed by atoms with E-state index < -0.39 is 10.8 Å². The minimum Gasteiger partial charge on any atom is -0.497 e. The standard InChI is InChI=1S/C20H17N3O4/c1-12-16(20(21)24)17(13-8-10-15(27-2)11-9-13)19(23(25)26)18(22-12)14-6-4-3-5-7-14/h3-11H,1-2H3,(H2,21,24). The van der Waals surface area contributed by atoms with Gasteiger partial charge in [0.05, 0.1) is 28.9 Å². The molecule has 0 aliphatic carbocycles. The summed E-state index contributed by atoms with van der Waals surface area (Å²) in [4.78, 5) is 27.9. The van der Waals surface area contributed by atoms with E-state index in [0.717, 1.165) is 0 Å². The summed E-state index contributed by atoms with van der Waals surface area (Å²) in [5, 5.41) is 12.0. The molecule has 7 heteroatoms. The molecule has 0 bridgehead atoms. The van der Waals surface area contributed by atoms with Gasteiger partial charge in [-0.05, 0) is 24.6 Å². The summed E-state index contributed by atoms with van der Waals surface area (Å²) in [6.45, 7) is 1.61. The quantitative estimate of drug-likeness (QED) is 0.549. The second-order valence-corrected chi connectivity index (χ2v) is 5.86. The highest BCUT2D eigenvalue weighted by atomic mass is 16.6. The number of benzene rings is 2. The van der Waals surface area contributed by atoms with Gasteiger partial charge in [0.25, 0.3) is 5.91 Å². The van der Waals surface area contributed by atoms with Crippen LogP contribution in [0.3, 0.4) is 0 Å². The average molecular weight is 363 g/mol. The Kier molecular flexibility index (Phi) is 4.85. The van der Waals surface area contributed by atoms with E-state index in [-0.39, 0.29) is 22.5 Å². The number of nitrogens with zero attached hydrogens (tertiary/aromatic N) is 2. The Hall–Kier alpha value is -3.74. The van der Waals surface area contributed by atoms with E-state index in [4.69, 9.17) is 10.5 Å². The first-order valence-electron chi connectivity index (χ1n) is 8.12. The second kappa shape index (κ2) is 7.25. The summed E-state index contributed by atoms with van der Waals surface area (Å²) in [7, 11) is 1.52. The number of primary amides is 1.